The van der Waals surface area contributed by atoms with Gasteiger partial charge in [-0.1, -0.05) is 24.3 Å². The molecule has 0 atom stereocenters. The molecular formula is C23H16F4N4O3. The van der Waals surface area contributed by atoms with E-state index in [4.69, 9.17) is 5.73 Å². The zero-order valence-electron chi connectivity index (χ0n) is 17.1. The first kappa shape index (κ1) is 22.6. The number of halogens is 4. The number of nitrogens with two attached hydrogens (primary N) is 1. The normalized spacial score (nSPS) is 11.4. The lowest BCUT2D eigenvalue weighted by molar-refractivity contribution is -0.137. The quantitative estimate of drug-likeness (QED) is 0.254. The maximum absolute atomic E-state index is 13.9. The number of hydrogen-bond acceptors (Lipinski definition) is 3. The minimum absolute atomic E-state index is 0.0666. The van der Waals surface area contributed by atoms with Gasteiger partial charge >= 0.3 is 12.2 Å². The number of rotatable bonds is 4. The summed E-state index contributed by atoms with van der Waals surface area (Å²) in [7, 11) is 0. The molecule has 11 heteroatoms. The van der Waals surface area contributed by atoms with Crippen LogP contribution in [0.15, 0.2) is 60.7 Å². The van der Waals surface area contributed by atoms with Crippen molar-refractivity contribution in [1.82, 2.24) is 4.98 Å². The molecule has 3 amide bonds. The summed E-state index contributed by atoms with van der Waals surface area (Å²) in [4.78, 5) is 26.9. The number of aromatic hydroxyl groups is 1. The van der Waals surface area contributed by atoms with E-state index >= 15 is 0 Å². The summed E-state index contributed by atoms with van der Waals surface area (Å²) in [6.07, 6.45) is -4.70. The van der Waals surface area contributed by atoms with Crippen LogP contribution >= 0.6 is 0 Å². The number of para-hydroxylation sites is 1. The van der Waals surface area contributed by atoms with Crippen molar-refractivity contribution in [3.63, 3.8) is 0 Å². The van der Waals surface area contributed by atoms with Crippen molar-refractivity contribution < 1.29 is 32.3 Å². The van der Waals surface area contributed by atoms with Crippen LogP contribution in [0.25, 0.3) is 22.0 Å². The topological polar surface area (TPSA) is 120 Å². The zero-order chi connectivity index (χ0) is 24.6. The Kier molecular flexibility index (Phi) is 5.61. The molecule has 0 radical (unpaired) electrons. The summed E-state index contributed by atoms with van der Waals surface area (Å²) in [6, 6.07) is 11.6. The minimum atomic E-state index is -4.70. The number of phenols is 1. The Labute approximate surface area is 189 Å². The van der Waals surface area contributed by atoms with E-state index in [-0.39, 0.29) is 17.1 Å². The second-order valence-electron chi connectivity index (χ2n) is 7.29. The number of amides is 3. The van der Waals surface area contributed by atoms with Crippen LogP contribution in [0.4, 0.5) is 33.7 Å². The fourth-order valence-corrected chi connectivity index (χ4v) is 3.49. The van der Waals surface area contributed by atoms with E-state index < -0.39 is 35.2 Å². The summed E-state index contributed by atoms with van der Waals surface area (Å²) >= 11 is 0. The molecule has 3 aromatic carbocycles. The van der Waals surface area contributed by atoms with E-state index in [2.05, 4.69) is 10.3 Å². The van der Waals surface area contributed by atoms with Crippen LogP contribution in [0.3, 0.4) is 0 Å². The third kappa shape index (κ3) is 4.35. The first-order valence-corrected chi connectivity index (χ1v) is 9.73. The van der Waals surface area contributed by atoms with Crippen molar-refractivity contribution in [3.05, 3.63) is 77.7 Å². The summed E-state index contributed by atoms with van der Waals surface area (Å²) < 4.78 is 52.4. The number of nitrogens with one attached hydrogen (secondary N) is 3. The molecule has 0 fully saturated rings. The number of aromatic nitrogens is 1. The van der Waals surface area contributed by atoms with Gasteiger partial charge in [0.25, 0.3) is 5.91 Å². The predicted octanol–water partition coefficient (Wildman–Crippen LogP) is 5.44. The average Bonchev–Trinajstić information content (AvgIpc) is 3.16. The number of primary amides is 1. The van der Waals surface area contributed by atoms with Gasteiger partial charge < -0.3 is 26.5 Å². The molecule has 0 saturated carbocycles. The number of aromatic amines is 1. The van der Waals surface area contributed by atoms with E-state index in [1.165, 1.54) is 18.2 Å². The Balaban J connectivity index is 1.57. The van der Waals surface area contributed by atoms with E-state index in [1.54, 1.807) is 24.3 Å². The fraction of sp³-hybridized carbons (Fsp3) is 0.0435. The molecule has 1 aromatic heterocycles. The van der Waals surface area contributed by atoms with Crippen LogP contribution in [0, 0.1) is 5.82 Å². The van der Waals surface area contributed by atoms with Crippen LogP contribution in [0.5, 0.6) is 5.75 Å². The van der Waals surface area contributed by atoms with Crippen LogP contribution < -0.4 is 16.4 Å². The SMILES string of the molecule is NC(=O)c1[nH]c2c(O)cccc2c1-c1ccc(NC(=O)Nc2cc(C(F)(F)F)ccc2F)cc1. The Hall–Kier alpha value is -4.54. The number of phenolic OH excluding ortho intramolecular Hbond substituents is 1. The predicted molar refractivity (Wildman–Crippen MR) is 118 cm³/mol. The highest BCUT2D eigenvalue weighted by Gasteiger charge is 2.31. The largest absolute Gasteiger partial charge is 0.506 e. The van der Waals surface area contributed by atoms with Gasteiger partial charge in [0.05, 0.1) is 16.8 Å². The van der Waals surface area contributed by atoms with Crippen molar-refractivity contribution in [1.29, 1.82) is 0 Å². The maximum Gasteiger partial charge on any atom is 0.416 e. The Morgan fingerprint density at radius 3 is 2.32 bits per heavy atom. The highest BCUT2D eigenvalue weighted by atomic mass is 19.4. The first-order chi connectivity index (χ1) is 16.0. The number of H-pyrrole nitrogens is 1. The molecular weight excluding hydrogens is 456 g/mol. The van der Waals surface area contributed by atoms with Crippen LogP contribution in [-0.2, 0) is 6.18 Å². The van der Waals surface area contributed by atoms with Gasteiger partial charge in [0.2, 0.25) is 0 Å². The average molecular weight is 472 g/mol. The van der Waals surface area contributed by atoms with Gasteiger partial charge in [-0.05, 0) is 42.0 Å². The lowest BCUT2D eigenvalue weighted by Crippen LogP contribution is -2.20. The number of urea groups is 1. The standard InChI is InChI=1S/C23H16F4N4O3/c24-15-9-6-12(23(25,26)27)10-16(15)30-22(34)29-13-7-4-11(5-8-13)18-14-2-1-3-17(32)19(14)31-20(18)21(28)33/h1-10,31-32H,(H2,28,33)(H2,29,30,34). The van der Waals surface area contributed by atoms with Gasteiger partial charge in [0.15, 0.2) is 0 Å². The molecule has 0 aliphatic heterocycles. The van der Waals surface area contributed by atoms with Gasteiger partial charge in [-0.2, -0.15) is 13.2 Å². The lowest BCUT2D eigenvalue weighted by Gasteiger charge is -2.12. The molecule has 4 rings (SSSR count). The third-order valence-corrected chi connectivity index (χ3v) is 5.03. The summed E-state index contributed by atoms with van der Waals surface area (Å²) in [5.74, 6) is -1.83. The highest BCUT2D eigenvalue weighted by molar-refractivity contribution is 6.10. The van der Waals surface area contributed by atoms with Gasteiger partial charge in [-0.3, -0.25) is 4.79 Å². The second kappa shape index (κ2) is 8.43. The summed E-state index contributed by atoms with van der Waals surface area (Å²) in [5, 5.41) is 15.0. The molecule has 0 unspecified atom stereocenters. The number of carbonyl (C=O) groups excluding carboxylic acids is 2. The number of anilines is 2. The maximum atomic E-state index is 13.9. The zero-order valence-corrected chi connectivity index (χ0v) is 17.1. The van der Waals surface area contributed by atoms with E-state index in [0.29, 0.717) is 40.2 Å². The number of benzene rings is 3. The van der Waals surface area contributed by atoms with E-state index in [1.807, 2.05) is 5.32 Å². The molecule has 174 valence electrons. The van der Waals surface area contributed by atoms with Gasteiger partial charge in [0.1, 0.15) is 17.3 Å². The van der Waals surface area contributed by atoms with Gasteiger partial charge in [-0.15, -0.1) is 0 Å². The summed E-state index contributed by atoms with van der Waals surface area (Å²) in [5.41, 5.74) is 5.37. The molecule has 0 aliphatic rings. The number of carbonyl (C=O) groups is 2. The Bertz CT molecular complexity index is 1410. The molecule has 4 aromatic rings. The number of alkyl halides is 3. The monoisotopic (exact) mass is 472 g/mol. The number of hydrogen-bond donors (Lipinski definition) is 5. The van der Waals surface area contributed by atoms with Crippen molar-refractivity contribution in [2.45, 2.75) is 6.18 Å². The minimum Gasteiger partial charge on any atom is -0.506 e. The van der Waals surface area contributed by atoms with Crippen LogP contribution in [0.1, 0.15) is 16.1 Å². The lowest BCUT2D eigenvalue weighted by atomic mass is 10.0. The van der Waals surface area contributed by atoms with Crippen molar-refractivity contribution in [2.75, 3.05) is 10.6 Å². The van der Waals surface area contributed by atoms with E-state index in [0.717, 1.165) is 0 Å². The molecule has 7 nitrogen and oxygen atoms in total. The van der Waals surface area contributed by atoms with Crippen molar-refractivity contribution in [2.24, 2.45) is 5.73 Å². The first-order valence-electron chi connectivity index (χ1n) is 9.73. The fourth-order valence-electron chi connectivity index (χ4n) is 3.49. The second-order valence-corrected chi connectivity index (χ2v) is 7.29. The molecule has 34 heavy (non-hydrogen) atoms. The van der Waals surface area contributed by atoms with Crippen LogP contribution in [0.2, 0.25) is 0 Å². The highest BCUT2D eigenvalue weighted by Crippen LogP contribution is 2.36. The molecule has 0 aliphatic carbocycles. The van der Waals surface area contributed by atoms with E-state index in [9.17, 15) is 32.3 Å². The molecule has 0 spiro atoms. The Morgan fingerprint density at radius 2 is 1.68 bits per heavy atom. The Morgan fingerprint density at radius 1 is 0.971 bits per heavy atom. The molecule has 6 N–H and O–H groups in total. The summed E-state index contributed by atoms with van der Waals surface area (Å²) in [6.45, 7) is 0. The van der Waals surface area contributed by atoms with Crippen LogP contribution in [-0.4, -0.2) is 22.0 Å². The molecule has 0 bridgehead atoms. The smallest absolute Gasteiger partial charge is 0.416 e. The van der Waals surface area contributed by atoms with Crippen molar-refractivity contribution in [3.8, 4) is 16.9 Å². The van der Waals surface area contributed by atoms with Crippen molar-refractivity contribution >= 4 is 34.2 Å². The number of fused-ring (bicyclic) bond motifs is 1. The molecule has 1 heterocycles. The van der Waals surface area contributed by atoms with Gasteiger partial charge in [0, 0.05) is 16.6 Å². The molecule has 0 saturated heterocycles. The third-order valence-electron chi connectivity index (χ3n) is 5.03. The van der Waals surface area contributed by atoms with Gasteiger partial charge in [-0.25, -0.2) is 9.18 Å².